The summed E-state index contributed by atoms with van der Waals surface area (Å²) in [6, 6.07) is 0. The van der Waals surface area contributed by atoms with Gasteiger partial charge in [-0.15, -0.1) is 11.8 Å². The highest BCUT2D eigenvalue weighted by Gasteiger charge is 2.10. The highest BCUT2D eigenvalue weighted by Crippen LogP contribution is 2.33. The Morgan fingerprint density at radius 1 is 1.27 bits per heavy atom. The maximum atomic E-state index is 3.97. The number of rotatable bonds is 2. The Morgan fingerprint density at radius 3 is 2.45 bits per heavy atom. The maximum Gasteiger partial charge on any atom is 0.0141 e. The molecule has 1 aliphatic heterocycles. The van der Waals surface area contributed by atoms with Crippen LogP contribution in [0, 0.1) is 0 Å². The van der Waals surface area contributed by atoms with Crippen LogP contribution in [0.15, 0.2) is 47.9 Å². The summed E-state index contributed by atoms with van der Waals surface area (Å²) in [5.74, 6) is 1.12. The van der Waals surface area contributed by atoms with E-state index >= 15 is 0 Å². The Hall–Kier alpha value is -0.690. The normalized spacial score (nSPS) is 18.4. The summed E-state index contributed by atoms with van der Waals surface area (Å²) >= 11 is 1.83. The van der Waals surface area contributed by atoms with Gasteiger partial charge in [0.05, 0.1) is 0 Å². The molecule has 0 fully saturated rings. The first kappa shape index (κ1) is 8.41. The van der Waals surface area contributed by atoms with Crippen molar-refractivity contribution in [3.63, 3.8) is 0 Å². The van der Waals surface area contributed by atoms with Gasteiger partial charge in [-0.1, -0.05) is 31.9 Å². The average Bonchev–Trinajstić information content (AvgIpc) is 2.04. The number of thioether (sulfide) groups is 1. The van der Waals surface area contributed by atoms with E-state index in [1.54, 1.807) is 0 Å². The SMILES string of the molecule is C=CC1=C(C=C)C(=C)CCS1. The second-order valence-electron chi connectivity index (χ2n) is 2.39. The molecular weight excluding hydrogens is 152 g/mol. The van der Waals surface area contributed by atoms with Crippen molar-refractivity contribution in [2.45, 2.75) is 6.42 Å². The highest BCUT2D eigenvalue weighted by atomic mass is 32.2. The Kier molecular flexibility index (Phi) is 2.77. The Morgan fingerprint density at radius 2 is 2.00 bits per heavy atom. The molecule has 0 aromatic carbocycles. The average molecular weight is 164 g/mol. The van der Waals surface area contributed by atoms with Gasteiger partial charge in [0.1, 0.15) is 0 Å². The molecule has 0 amide bonds. The quantitative estimate of drug-likeness (QED) is 0.603. The second kappa shape index (κ2) is 3.63. The predicted molar refractivity (Wildman–Crippen MR) is 53.6 cm³/mol. The monoisotopic (exact) mass is 164 g/mol. The van der Waals surface area contributed by atoms with E-state index in [1.807, 2.05) is 23.9 Å². The van der Waals surface area contributed by atoms with Crippen LogP contribution in [0.4, 0.5) is 0 Å². The van der Waals surface area contributed by atoms with Gasteiger partial charge in [-0.05, 0) is 17.6 Å². The molecule has 0 N–H and O–H groups in total. The highest BCUT2D eigenvalue weighted by molar-refractivity contribution is 8.03. The standard InChI is InChI=1S/C10H12S/c1-4-9-8(3)6-7-11-10(9)5-2/h4-5H,1-3,6-7H2. The van der Waals surface area contributed by atoms with Crippen LogP contribution >= 0.6 is 11.8 Å². The van der Waals surface area contributed by atoms with Crippen LogP contribution in [0.25, 0.3) is 0 Å². The molecule has 11 heavy (non-hydrogen) atoms. The maximum absolute atomic E-state index is 3.97. The third-order valence-electron chi connectivity index (χ3n) is 1.70. The molecule has 0 radical (unpaired) electrons. The first-order valence-corrected chi connectivity index (χ1v) is 4.58. The minimum atomic E-state index is 1.07. The zero-order valence-corrected chi connectivity index (χ0v) is 7.41. The third-order valence-corrected chi connectivity index (χ3v) is 2.80. The lowest BCUT2D eigenvalue weighted by Crippen LogP contribution is -1.97. The fourth-order valence-corrected chi connectivity index (χ4v) is 2.15. The Balaban J connectivity index is 3.04. The fraction of sp³-hybridized carbons (Fsp3) is 0.200. The van der Waals surface area contributed by atoms with Crippen LogP contribution < -0.4 is 0 Å². The predicted octanol–water partition coefficient (Wildman–Crippen LogP) is 3.31. The molecule has 58 valence electrons. The zero-order chi connectivity index (χ0) is 8.27. The lowest BCUT2D eigenvalue weighted by molar-refractivity contribution is 1.14. The summed E-state index contributed by atoms with van der Waals surface area (Å²) in [6.45, 7) is 11.5. The van der Waals surface area contributed by atoms with E-state index in [0.29, 0.717) is 0 Å². The van der Waals surface area contributed by atoms with E-state index in [0.717, 1.165) is 12.2 Å². The molecule has 0 spiro atoms. The first-order chi connectivity index (χ1) is 5.29. The van der Waals surface area contributed by atoms with Crippen LogP contribution in [0.2, 0.25) is 0 Å². The second-order valence-corrected chi connectivity index (χ2v) is 3.52. The molecule has 0 aromatic rings. The smallest absolute Gasteiger partial charge is 0.0141 e. The molecular formula is C10H12S. The van der Waals surface area contributed by atoms with E-state index in [2.05, 4.69) is 19.7 Å². The fourth-order valence-electron chi connectivity index (χ4n) is 1.08. The van der Waals surface area contributed by atoms with Crippen molar-refractivity contribution in [3.8, 4) is 0 Å². The molecule has 0 bridgehead atoms. The van der Waals surface area contributed by atoms with Crippen molar-refractivity contribution >= 4 is 11.8 Å². The van der Waals surface area contributed by atoms with E-state index in [4.69, 9.17) is 0 Å². The third kappa shape index (κ3) is 1.66. The Labute approximate surface area is 72.4 Å². The summed E-state index contributed by atoms with van der Waals surface area (Å²) in [7, 11) is 0. The van der Waals surface area contributed by atoms with Gasteiger partial charge in [-0.2, -0.15) is 0 Å². The van der Waals surface area contributed by atoms with Gasteiger partial charge in [-0.25, -0.2) is 0 Å². The zero-order valence-electron chi connectivity index (χ0n) is 6.60. The molecule has 1 heteroatoms. The minimum absolute atomic E-state index is 1.07. The van der Waals surface area contributed by atoms with Crippen molar-refractivity contribution in [1.29, 1.82) is 0 Å². The van der Waals surface area contributed by atoms with Gasteiger partial charge in [0.15, 0.2) is 0 Å². The molecule has 1 rings (SSSR count). The van der Waals surface area contributed by atoms with Crippen molar-refractivity contribution in [2.24, 2.45) is 0 Å². The van der Waals surface area contributed by atoms with Crippen LogP contribution in [-0.2, 0) is 0 Å². The lowest BCUT2D eigenvalue weighted by atomic mass is 10.0. The largest absolute Gasteiger partial charge is 0.125 e. The van der Waals surface area contributed by atoms with E-state index < -0.39 is 0 Å². The van der Waals surface area contributed by atoms with Crippen molar-refractivity contribution in [1.82, 2.24) is 0 Å². The topological polar surface area (TPSA) is 0 Å². The van der Waals surface area contributed by atoms with Gasteiger partial charge < -0.3 is 0 Å². The molecule has 0 saturated heterocycles. The molecule has 1 aliphatic rings. The summed E-state index contributed by atoms with van der Waals surface area (Å²) < 4.78 is 0. The first-order valence-electron chi connectivity index (χ1n) is 3.59. The van der Waals surface area contributed by atoms with Gasteiger partial charge in [0.2, 0.25) is 0 Å². The summed E-state index contributed by atoms with van der Waals surface area (Å²) in [5, 5.41) is 0. The number of hydrogen-bond acceptors (Lipinski definition) is 1. The summed E-state index contributed by atoms with van der Waals surface area (Å²) in [5.41, 5.74) is 2.37. The molecule has 0 aliphatic carbocycles. The Bertz CT molecular complexity index is 233. The van der Waals surface area contributed by atoms with Crippen LogP contribution in [-0.4, -0.2) is 5.75 Å². The summed E-state index contributed by atoms with van der Waals surface area (Å²) in [4.78, 5) is 1.22. The number of hydrogen-bond donors (Lipinski definition) is 0. The molecule has 0 nitrogen and oxygen atoms in total. The van der Waals surface area contributed by atoms with Crippen LogP contribution in [0.5, 0.6) is 0 Å². The minimum Gasteiger partial charge on any atom is -0.125 e. The molecule has 1 heterocycles. The van der Waals surface area contributed by atoms with Gasteiger partial charge >= 0.3 is 0 Å². The van der Waals surface area contributed by atoms with Crippen LogP contribution in [0.1, 0.15) is 6.42 Å². The van der Waals surface area contributed by atoms with Crippen molar-refractivity contribution < 1.29 is 0 Å². The van der Waals surface area contributed by atoms with Gasteiger partial charge in [0.25, 0.3) is 0 Å². The van der Waals surface area contributed by atoms with E-state index in [9.17, 15) is 0 Å². The molecule has 0 atom stereocenters. The van der Waals surface area contributed by atoms with Crippen molar-refractivity contribution in [3.05, 3.63) is 47.9 Å². The van der Waals surface area contributed by atoms with Crippen molar-refractivity contribution in [2.75, 3.05) is 5.75 Å². The molecule has 0 aromatic heterocycles. The molecule has 0 unspecified atom stereocenters. The lowest BCUT2D eigenvalue weighted by Gasteiger charge is -2.16. The number of allylic oxidation sites excluding steroid dienone is 4. The van der Waals surface area contributed by atoms with E-state index in [1.165, 1.54) is 16.1 Å². The van der Waals surface area contributed by atoms with E-state index in [-0.39, 0.29) is 0 Å². The summed E-state index contributed by atoms with van der Waals surface area (Å²) in [6.07, 6.45) is 4.82. The van der Waals surface area contributed by atoms with Gasteiger partial charge in [0, 0.05) is 10.7 Å². The van der Waals surface area contributed by atoms with Gasteiger partial charge in [-0.3, -0.25) is 0 Å². The molecule has 0 saturated carbocycles. The van der Waals surface area contributed by atoms with Crippen LogP contribution in [0.3, 0.4) is 0 Å².